The summed E-state index contributed by atoms with van der Waals surface area (Å²) in [5, 5.41) is 4.89. The highest BCUT2D eigenvalue weighted by Crippen LogP contribution is 2.24. The third-order valence-electron chi connectivity index (χ3n) is 2.23. The van der Waals surface area contributed by atoms with Crippen LogP contribution in [0.5, 0.6) is 0 Å². The van der Waals surface area contributed by atoms with Crippen molar-refractivity contribution in [2.24, 2.45) is 0 Å². The number of alkyl halides is 1. The molecule has 78 valence electrons. The van der Waals surface area contributed by atoms with E-state index in [0.29, 0.717) is 0 Å². The van der Waals surface area contributed by atoms with Crippen molar-refractivity contribution in [3.05, 3.63) is 35.9 Å². The van der Waals surface area contributed by atoms with Crippen LogP contribution in [0.25, 0.3) is 0 Å². The van der Waals surface area contributed by atoms with Gasteiger partial charge in [-0.25, -0.2) is 4.79 Å². The molecule has 0 spiro atoms. The molecule has 0 aromatic heterocycles. The third-order valence-corrected chi connectivity index (χ3v) is 3.17. The van der Waals surface area contributed by atoms with Gasteiger partial charge in [0.1, 0.15) is 4.83 Å². The van der Waals surface area contributed by atoms with E-state index in [1.54, 1.807) is 0 Å². The van der Waals surface area contributed by atoms with E-state index >= 15 is 0 Å². The lowest BCUT2D eigenvalue weighted by atomic mass is 10.0. The number of hydrogen-bond acceptors (Lipinski definition) is 2. The largest absolute Gasteiger partial charge is 0.329 e. The minimum atomic E-state index is -0.454. The van der Waals surface area contributed by atoms with Gasteiger partial charge in [-0.1, -0.05) is 46.3 Å². The molecule has 1 aromatic rings. The van der Waals surface area contributed by atoms with E-state index in [2.05, 4.69) is 26.6 Å². The fraction of sp³-hybridized carbons (Fsp3) is 0.200. The van der Waals surface area contributed by atoms with E-state index in [0.717, 1.165) is 5.56 Å². The van der Waals surface area contributed by atoms with E-state index in [9.17, 15) is 9.59 Å². The number of rotatable bonds is 1. The molecule has 4 nitrogen and oxygen atoms in total. The zero-order valence-corrected chi connectivity index (χ0v) is 9.32. The van der Waals surface area contributed by atoms with Crippen LogP contribution in [0.4, 0.5) is 4.79 Å². The molecule has 1 aliphatic heterocycles. The smallest absolute Gasteiger partial charge is 0.322 e. The molecule has 2 atom stereocenters. The average Bonchev–Trinajstić information content (AvgIpc) is 2.24. The van der Waals surface area contributed by atoms with Crippen molar-refractivity contribution in [3.63, 3.8) is 0 Å². The van der Waals surface area contributed by atoms with Gasteiger partial charge >= 0.3 is 6.03 Å². The molecule has 0 bridgehead atoms. The molecule has 1 aliphatic rings. The van der Waals surface area contributed by atoms with Gasteiger partial charge < -0.3 is 5.32 Å². The highest BCUT2D eigenvalue weighted by molar-refractivity contribution is 9.10. The van der Waals surface area contributed by atoms with Crippen molar-refractivity contribution in [1.82, 2.24) is 10.6 Å². The van der Waals surface area contributed by atoms with Gasteiger partial charge in [-0.15, -0.1) is 0 Å². The van der Waals surface area contributed by atoms with Crippen LogP contribution in [0.1, 0.15) is 11.6 Å². The van der Waals surface area contributed by atoms with Crippen molar-refractivity contribution >= 4 is 27.9 Å². The zero-order chi connectivity index (χ0) is 10.8. The van der Waals surface area contributed by atoms with Crippen LogP contribution in [-0.4, -0.2) is 16.8 Å². The summed E-state index contributed by atoms with van der Waals surface area (Å²) < 4.78 is 0. The lowest BCUT2D eigenvalue weighted by Crippen LogP contribution is -2.54. The highest BCUT2D eigenvalue weighted by atomic mass is 79.9. The molecule has 0 saturated carbocycles. The van der Waals surface area contributed by atoms with Crippen LogP contribution in [0.15, 0.2) is 30.3 Å². The molecular formula is C10H9BrN2O2. The number of hydrogen-bond donors (Lipinski definition) is 2. The summed E-state index contributed by atoms with van der Waals surface area (Å²) >= 11 is 3.26. The second kappa shape index (κ2) is 4.02. The number of urea groups is 1. The van der Waals surface area contributed by atoms with Crippen molar-refractivity contribution < 1.29 is 9.59 Å². The molecule has 1 heterocycles. The lowest BCUT2D eigenvalue weighted by Gasteiger charge is -2.28. The first-order valence-corrected chi connectivity index (χ1v) is 5.40. The number of imide groups is 1. The van der Waals surface area contributed by atoms with Crippen molar-refractivity contribution in [3.8, 4) is 0 Å². The Morgan fingerprint density at radius 1 is 1.13 bits per heavy atom. The fourth-order valence-corrected chi connectivity index (χ4v) is 2.05. The van der Waals surface area contributed by atoms with Crippen molar-refractivity contribution in [2.75, 3.05) is 0 Å². The zero-order valence-electron chi connectivity index (χ0n) is 7.74. The van der Waals surface area contributed by atoms with E-state index in [-0.39, 0.29) is 11.9 Å². The monoisotopic (exact) mass is 268 g/mol. The van der Waals surface area contributed by atoms with Gasteiger partial charge in [0, 0.05) is 0 Å². The molecule has 0 aliphatic carbocycles. The predicted octanol–water partition coefficient (Wildman–Crippen LogP) is 1.33. The Bertz CT molecular complexity index is 394. The van der Waals surface area contributed by atoms with Gasteiger partial charge in [0.15, 0.2) is 0 Å². The normalized spacial score (nSPS) is 25.7. The molecule has 1 fully saturated rings. The Balaban J connectivity index is 2.28. The summed E-state index contributed by atoms with van der Waals surface area (Å²) in [6, 6.07) is 8.60. The summed E-state index contributed by atoms with van der Waals surface area (Å²) in [6.45, 7) is 0. The molecule has 3 amide bonds. The first kappa shape index (κ1) is 10.2. The summed E-state index contributed by atoms with van der Waals surface area (Å²) in [5.41, 5.74) is 0.905. The van der Waals surface area contributed by atoms with Crippen LogP contribution < -0.4 is 10.6 Å². The molecule has 1 aromatic carbocycles. The van der Waals surface area contributed by atoms with Gasteiger partial charge in [0.05, 0.1) is 6.04 Å². The van der Waals surface area contributed by atoms with Crippen LogP contribution in [0.2, 0.25) is 0 Å². The number of nitrogens with one attached hydrogen (secondary N) is 2. The minimum Gasteiger partial charge on any atom is -0.329 e. The van der Waals surface area contributed by atoms with Crippen molar-refractivity contribution in [2.45, 2.75) is 10.9 Å². The number of amides is 3. The number of benzene rings is 1. The molecule has 1 saturated heterocycles. The van der Waals surface area contributed by atoms with Gasteiger partial charge in [-0.2, -0.15) is 0 Å². The first-order chi connectivity index (χ1) is 7.18. The summed E-state index contributed by atoms with van der Waals surface area (Å²) in [7, 11) is 0. The molecule has 2 rings (SSSR count). The van der Waals surface area contributed by atoms with Crippen LogP contribution in [-0.2, 0) is 4.79 Å². The Kier molecular flexibility index (Phi) is 2.73. The highest BCUT2D eigenvalue weighted by Gasteiger charge is 2.34. The number of carbonyl (C=O) groups excluding carboxylic acids is 2. The van der Waals surface area contributed by atoms with E-state index in [4.69, 9.17) is 0 Å². The predicted molar refractivity (Wildman–Crippen MR) is 58.6 cm³/mol. The Labute approximate surface area is 95.2 Å². The lowest BCUT2D eigenvalue weighted by molar-refractivity contribution is -0.120. The Morgan fingerprint density at radius 3 is 2.47 bits per heavy atom. The first-order valence-electron chi connectivity index (χ1n) is 4.49. The third kappa shape index (κ3) is 2.02. The standard InChI is InChI=1S/C10H9BrN2O2/c11-7-8(6-4-2-1-3-5-6)12-10(15)13-9(7)14/h1-5,7-8H,(H2,12,13,14,15). The minimum absolute atomic E-state index is 0.312. The fourth-order valence-electron chi connectivity index (χ4n) is 1.50. The maximum atomic E-state index is 11.4. The second-order valence-electron chi connectivity index (χ2n) is 3.25. The van der Waals surface area contributed by atoms with Crippen LogP contribution >= 0.6 is 15.9 Å². The van der Waals surface area contributed by atoms with Gasteiger partial charge in [0.2, 0.25) is 5.91 Å². The average molecular weight is 269 g/mol. The van der Waals surface area contributed by atoms with E-state index < -0.39 is 10.9 Å². The van der Waals surface area contributed by atoms with E-state index in [1.165, 1.54) is 0 Å². The molecule has 2 N–H and O–H groups in total. The van der Waals surface area contributed by atoms with Crippen molar-refractivity contribution in [1.29, 1.82) is 0 Å². The summed E-state index contributed by atoms with van der Waals surface area (Å²) in [6.07, 6.45) is 0. The van der Waals surface area contributed by atoms with E-state index in [1.807, 2.05) is 30.3 Å². The maximum absolute atomic E-state index is 11.4. The molecule has 15 heavy (non-hydrogen) atoms. The topological polar surface area (TPSA) is 58.2 Å². The van der Waals surface area contributed by atoms with Gasteiger partial charge in [0.25, 0.3) is 0 Å². The number of halogens is 1. The maximum Gasteiger partial charge on any atom is 0.322 e. The van der Waals surface area contributed by atoms with Gasteiger partial charge in [-0.05, 0) is 5.56 Å². The molecule has 0 radical (unpaired) electrons. The SMILES string of the molecule is O=C1NC(=O)C(Br)C(c2ccccc2)N1. The van der Waals surface area contributed by atoms with Crippen LogP contribution in [0, 0.1) is 0 Å². The van der Waals surface area contributed by atoms with Gasteiger partial charge in [-0.3, -0.25) is 10.1 Å². The summed E-state index contributed by atoms with van der Waals surface area (Å²) in [4.78, 5) is 22.1. The Hall–Kier alpha value is -1.36. The van der Waals surface area contributed by atoms with Crippen LogP contribution in [0.3, 0.4) is 0 Å². The molecule has 5 heteroatoms. The molecule has 2 unspecified atom stereocenters. The second-order valence-corrected chi connectivity index (χ2v) is 4.24. The number of carbonyl (C=O) groups is 2. The summed E-state index contributed by atoms with van der Waals surface area (Å²) in [5.74, 6) is -0.312. The molecular weight excluding hydrogens is 260 g/mol. The quantitative estimate of drug-likeness (QED) is 0.756. The Morgan fingerprint density at radius 2 is 1.80 bits per heavy atom.